The zero-order valence-corrected chi connectivity index (χ0v) is 8.25. The van der Waals surface area contributed by atoms with Crippen LogP contribution in [-0.2, 0) is 9.53 Å². The first-order valence-corrected chi connectivity index (χ1v) is 4.78. The molecule has 1 aliphatic rings. The summed E-state index contributed by atoms with van der Waals surface area (Å²) in [5.41, 5.74) is 5.51. The summed E-state index contributed by atoms with van der Waals surface area (Å²) in [6.45, 7) is 4.37. The van der Waals surface area contributed by atoms with E-state index in [1.54, 1.807) is 0 Å². The van der Waals surface area contributed by atoms with Gasteiger partial charge in [0.05, 0.1) is 6.10 Å². The number of hydrogen-bond acceptors (Lipinski definition) is 3. The highest BCUT2D eigenvalue weighted by atomic mass is 16.5. The summed E-state index contributed by atoms with van der Waals surface area (Å²) in [6, 6.07) is 0.00257. The Kier molecular flexibility index (Phi) is 3.69. The monoisotopic (exact) mass is 186 g/mol. The number of ether oxygens (including phenoxy) is 1. The molecule has 1 amide bonds. The molecule has 3 N–H and O–H groups in total. The minimum atomic E-state index is -0.256. The molecule has 0 spiro atoms. The summed E-state index contributed by atoms with van der Waals surface area (Å²) in [6.07, 6.45) is 1.75. The fraction of sp³-hybridized carbons (Fsp3) is 0.889. The molecule has 0 aromatic rings. The second-order valence-corrected chi connectivity index (χ2v) is 3.74. The van der Waals surface area contributed by atoms with Gasteiger partial charge >= 0.3 is 0 Å². The predicted octanol–water partition coefficient (Wildman–Crippen LogP) is 0.0173. The maximum Gasteiger partial charge on any atom is 0.249 e. The highest BCUT2D eigenvalue weighted by molar-refractivity contribution is 5.81. The van der Waals surface area contributed by atoms with Gasteiger partial charge in [-0.2, -0.15) is 0 Å². The van der Waals surface area contributed by atoms with Gasteiger partial charge in [-0.1, -0.05) is 0 Å². The van der Waals surface area contributed by atoms with Crippen LogP contribution in [0.5, 0.6) is 0 Å². The van der Waals surface area contributed by atoms with Crippen LogP contribution in [0, 0.1) is 0 Å². The smallest absolute Gasteiger partial charge is 0.249 e. The Balaban J connectivity index is 2.24. The van der Waals surface area contributed by atoms with Gasteiger partial charge in [0.25, 0.3) is 0 Å². The van der Waals surface area contributed by atoms with Gasteiger partial charge in [0, 0.05) is 12.6 Å². The van der Waals surface area contributed by atoms with Crippen LogP contribution in [0.25, 0.3) is 0 Å². The summed E-state index contributed by atoms with van der Waals surface area (Å²) >= 11 is 0. The normalized spacial score (nSPS) is 30.1. The van der Waals surface area contributed by atoms with Crippen molar-refractivity contribution in [3.63, 3.8) is 0 Å². The molecule has 4 heteroatoms. The molecule has 3 unspecified atom stereocenters. The molecule has 0 saturated carbocycles. The maximum atomic E-state index is 11.4. The Bertz CT molecular complexity index is 182. The van der Waals surface area contributed by atoms with E-state index in [1.807, 2.05) is 13.8 Å². The highest BCUT2D eigenvalue weighted by Crippen LogP contribution is 2.18. The molecule has 0 radical (unpaired) electrons. The Hall–Kier alpha value is -0.610. The number of amides is 1. The third kappa shape index (κ3) is 3.32. The molecule has 13 heavy (non-hydrogen) atoms. The Morgan fingerprint density at radius 3 is 2.85 bits per heavy atom. The number of hydrogen-bond donors (Lipinski definition) is 2. The maximum absolute atomic E-state index is 11.4. The van der Waals surface area contributed by atoms with E-state index >= 15 is 0 Å². The highest BCUT2D eigenvalue weighted by Gasteiger charge is 2.27. The largest absolute Gasteiger partial charge is 0.365 e. The van der Waals surface area contributed by atoms with Crippen LogP contribution >= 0.6 is 0 Å². The van der Waals surface area contributed by atoms with Crippen molar-refractivity contribution >= 4 is 5.91 Å². The molecule has 4 nitrogen and oxygen atoms in total. The summed E-state index contributed by atoms with van der Waals surface area (Å²) in [7, 11) is 0. The van der Waals surface area contributed by atoms with Gasteiger partial charge < -0.3 is 15.8 Å². The van der Waals surface area contributed by atoms with E-state index in [0.717, 1.165) is 12.8 Å². The lowest BCUT2D eigenvalue weighted by molar-refractivity contribution is -0.131. The average Bonchev–Trinajstić information content (AvgIpc) is 2.47. The van der Waals surface area contributed by atoms with E-state index in [2.05, 4.69) is 5.32 Å². The molecular formula is C9H18N2O2. The van der Waals surface area contributed by atoms with Crippen LogP contribution in [0.15, 0.2) is 0 Å². The van der Waals surface area contributed by atoms with Crippen molar-refractivity contribution in [2.45, 2.75) is 44.9 Å². The summed E-state index contributed by atoms with van der Waals surface area (Å²) < 4.78 is 5.40. The first kappa shape index (κ1) is 10.5. The van der Waals surface area contributed by atoms with Gasteiger partial charge in [0.1, 0.15) is 6.10 Å². The molecule has 1 heterocycles. The van der Waals surface area contributed by atoms with E-state index in [9.17, 15) is 4.79 Å². The second kappa shape index (κ2) is 4.58. The van der Waals surface area contributed by atoms with Crippen molar-refractivity contribution in [3.8, 4) is 0 Å². The van der Waals surface area contributed by atoms with Crippen molar-refractivity contribution < 1.29 is 9.53 Å². The van der Waals surface area contributed by atoms with Crippen LogP contribution in [0.3, 0.4) is 0 Å². The van der Waals surface area contributed by atoms with E-state index in [0.29, 0.717) is 6.54 Å². The number of carbonyl (C=O) groups excluding carboxylic acids is 1. The summed E-state index contributed by atoms with van der Waals surface area (Å²) in [4.78, 5) is 11.4. The molecule has 1 aliphatic heterocycles. The third-order valence-electron chi connectivity index (χ3n) is 2.12. The number of carbonyl (C=O) groups is 1. The fourth-order valence-corrected chi connectivity index (χ4v) is 1.37. The Morgan fingerprint density at radius 2 is 2.38 bits per heavy atom. The van der Waals surface area contributed by atoms with Crippen LogP contribution in [0.2, 0.25) is 0 Å². The second-order valence-electron chi connectivity index (χ2n) is 3.74. The number of rotatable bonds is 3. The molecule has 1 fully saturated rings. The zero-order valence-electron chi connectivity index (χ0n) is 8.25. The third-order valence-corrected chi connectivity index (χ3v) is 2.12. The van der Waals surface area contributed by atoms with Crippen LogP contribution in [0.1, 0.15) is 26.7 Å². The van der Waals surface area contributed by atoms with Crippen LogP contribution < -0.4 is 11.1 Å². The standard InChI is InChI=1S/C9H18N2O2/c1-6(10)5-11-9(12)8-4-3-7(2)13-8/h6-8H,3-5,10H2,1-2H3,(H,11,12). The van der Waals surface area contributed by atoms with Crippen LogP contribution in [-0.4, -0.2) is 30.7 Å². The minimum absolute atomic E-state index is 0.00257. The van der Waals surface area contributed by atoms with Gasteiger partial charge in [-0.15, -0.1) is 0 Å². The SMILES string of the molecule is CC(N)CNC(=O)C1CCC(C)O1. The van der Waals surface area contributed by atoms with Gasteiger partial charge in [-0.3, -0.25) is 4.79 Å². The van der Waals surface area contributed by atoms with E-state index in [1.165, 1.54) is 0 Å². The molecule has 0 aromatic carbocycles. The van der Waals surface area contributed by atoms with Gasteiger partial charge in [0.15, 0.2) is 0 Å². The topological polar surface area (TPSA) is 64.3 Å². The van der Waals surface area contributed by atoms with Gasteiger partial charge in [-0.25, -0.2) is 0 Å². The van der Waals surface area contributed by atoms with E-state index < -0.39 is 0 Å². The lowest BCUT2D eigenvalue weighted by Gasteiger charge is -2.12. The van der Waals surface area contributed by atoms with Crippen LogP contribution in [0.4, 0.5) is 0 Å². The average molecular weight is 186 g/mol. The first-order chi connectivity index (χ1) is 6.09. The number of nitrogens with two attached hydrogens (primary N) is 1. The summed E-state index contributed by atoms with van der Waals surface area (Å²) in [5.74, 6) is -0.0262. The van der Waals surface area contributed by atoms with Crippen molar-refractivity contribution in [3.05, 3.63) is 0 Å². The van der Waals surface area contributed by atoms with Crippen molar-refractivity contribution in [1.29, 1.82) is 0 Å². The lowest BCUT2D eigenvalue weighted by Crippen LogP contribution is -2.40. The van der Waals surface area contributed by atoms with Crippen molar-refractivity contribution in [2.75, 3.05) is 6.54 Å². The summed E-state index contributed by atoms with van der Waals surface area (Å²) in [5, 5.41) is 2.76. The van der Waals surface area contributed by atoms with E-state index in [4.69, 9.17) is 10.5 Å². The Morgan fingerprint density at radius 1 is 1.69 bits per heavy atom. The van der Waals surface area contributed by atoms with Gasteiger partial charge in [0.2, 0.25) is 5.91 Å². The van der Waals surface area contributed by atoms with Crippen molar-refractivity contribution in [2.24, 2.45) is 5.73 Å². The molecular weight excluding hydrogens is 168 g/mol. The zero-order chi connectivity index (χ0) is 9.84. The lowest BCUT2D eigenvalue weighted by atomic mass is 10.2. The molecule has 1 saturated heterocycles. The number of nitrogens with one attached hydrogen (secondary N) is 1. The molecule has 76 valence electrons. The molecule has 3 atom stereocenters. The Labute approximate surface area is 78.8 Å². The molecule has 0 bridgehead atoms. The molecule has 1 rings (SSSR count). The quantitative estimate of drug-likeness (QED) is 0.653. The fourth-order valence-electron chi connectivity index (χ4n) is 1.37. The molecule has 0 aliphatic carbocycles. The predicted molar refractivity (Wildman–Crippen MR) is 50.2 cm³/mol. The minimum Gasteiger partial charge on any atom is -0.365 e. The molecule has 0 aromatic heterocycles. The first-order valence-electron chi connectivity index (χ1n) is 4.78. The van der Waals surface area contributed by atoms with Gasteiger partial charge in [-0.05, 0) is 26.7 Å². The van der Waals surface area contributed by atoms with Crippen molar-refractivity contribution in [1.82, 2.24) is 5.32 Å². The van der Waals surface area contributed by atoms with E-state index in [-0.39, 0.29) is 24.2 Å².